The van der Waals surface area contributed by atoms with Crippen molar-refractivity contribution in [2.75, 3.05) is 18.8 Å². The summed E-state index contributed by atoms with van der Waals surface area (Å²) in [6.45, 7) is 1.89. The second-order valence-corrected chi connectivity index (χ2v) is 5.37. The lowest BCUT2D eigenvalue weighted by Crippen LogP contribution is -2.15. The van der Waals surface area contributed by atoms with Crippen LogP contribution in [0.25, 0.3) is 6.08 Å². The molecule has 0 unspecified atom stereocenters. The maximum absolute atomic E-state index is 3.93. The number of hydrogen-bond acceptors (Lipinski definition) is 5. The third kappa shape index (κ3) is 6.75. The Morgan fingerprint density at radius 1 is 1.29 bits per heavy atom. The van der Waals surface area contributed by atoms with Crippen molar-refractivity contribution >= 4 is 30.2 Å². The number of rotatable bonds is 8. The number of aromatic nitrogens is 4. The molecule has 2 rings (SSSR count). The summed E-state index contributed by atoms with van der Waals surface area (Å²) in [6.07, 6.45) is 5.37. The largest absolute Gasteiger partial charge is 0.313 e. The Balaban J connectivity index is 0.00000220. The lowest BCUT2D eigenvalue weighted by atomic mass is 10.2. The standard InChI is InChI=1S/C14H19N5S.ClH/c1-19-14(16-17-18-19)20-12-6-11-15-10-5-9-13-7-3-2-4-8-13;/h2-5,7-9,15H,6,10-12H2,1H3;1H/b9-5+;. The predicted molar refractivity (Wildman–Crippen MR) is 89.7 cm³/mol. The molecule has 0 aliphatic rings. The summed E-state index contributed by atoms with van der Waals surface area (Å²) >= 11 is 1.68. The minimum absolute atomic E-state index is 0. The van der Waals surface area contributed by atoms with Crippen molar-refractivity contribution in [3.63, 3.8) is 0 Å². The second kappa shape index (κ2) is 10.4. The molecule has 0 amide bonds. The highest BCUT2D eigenvalue weighted by molar-refractivity contribution is 7.99. The van der Waals surface area contributed by atoms with Crippen LogP contribution < -0.4 is 5.32 Å². The molecule has 21 heavy (non-hydrogen) atoms. The van der Waals surface area contributed by atoms with Crippen LogP contribution >= 0.6 is 24.2 Å². The van der Waals surface area contributed by atoms with E-state index in [1.165, 1.54) is 5.56 Å². The van der Waals surface area contributed by atoms with Crippen LogP contribution in [0.15, 0.2) is 41.6 Å². The number of hydrogen-bond donors (Lipinski definition) is 1. The summed E-state index contributed by atoms with van der Waals surface area (Å²) in [4.78, 5) is 0. The molecule has 5 nitrogen and oxygen atoms in total. The van der Waals surface area contributed by atoms with E-state index in [1.807, 2.05) is 25.2 Å². The lowest BCUT2D eigenvalue weighted by Gasteiger charge is -2.01. The number of nitrogens with one attached hydrogen (secondary N) is 1. The topological polar surface area (TPSA) is 55.6 Å². The Bertz CT molecular complexity index is 529. The van der Waals surface area contributed by atoms with Gasteiger partial charge >= 0.3 is 0 Å². The summed E-state index contributed by atoms with van der Waals surface area (Å²) in [5.41, 5.74) is 1.24. The van der Waals surface area contributed by atoms with Crippen LogP contribution in [0.2, 0.25) is 0 Å². The number of thioether (sulfide) groups is 1. The summed E-state index contributed by atoms with van der Waals surface area (Å²) in [5.74, 6) is 1.02. The van der Waals surface area contributed by atoms with Crippen LogP contribution in [0.4, 0.5) is 0 Å². The number of benzene rings is 1. The van der Waals surface area contributed by atoms with Crippen molar-refractivity contribution < 1.29 is 0 Å². The van der Waals surface area contributed by atoms with Gasteiger partial charge in [-0.1, -0.05) is 54.2 Å². The molecule has 0 radical (unpaired) electrons. The molecule has 1 N–H and O–H groups in total. The van der Waals surface area contributed by atoms with Gasteiger partial charge in [-0.05, 0) is 29.0 Å². The van der Waals surface area contributed by atoms with Crippen molar-refractivity contribution in [3.8, 4) is 0 Å². The van der Waals surface area contributed by atoms with Crippen LogP contribution in [0, 0.1) is 0 Å². The van der Waals surface area contributed by atoms with E-state index in [0.717, 1.165) is 30.4 Å². The van der Waals surface area contributed by atoms with Crippen molar-refractivity contribution in [1.29, 1.82) is 0 Å². The number of tetrazole rings is 1. The maximum Gasteiger partial charge on any atom is 0.209 e. The number of nitrogens with zero attached hydrogens (tertiary/aromatic N) is 4. The molecule has 0 spiro atoms. The molecule has 2 aromatic rings. The number of aryl methyl sites for hydroxylation is 1. The van der Waals surface area contributed by atoms with Crippen LogP contribution in [0.3, 0.4) is 0 Å². The summed E-state index contributed by atoms with van der Waals surface area (Å²) in [7, 11) is 1.86. The maximum atomic E-state index is 3.93. The van der Waals surface area contributed by atoms with Gasteiger partial charge in [-0.3, -0.25) is 0 Å². The van der Waals surface area contributed by atoms with E-state index in [-0.39, 0.29) is 12.4 Å². The zero-order chi connectivity index (χ0) is 14.0. The Morgan fingerprint density at radius 2 is 2.10 bits per heavy atom. The number of halogens is 1. The Morgan fingerprint density at radius 3 is 2.81 bits per heavy atom. The van der Waals surface area contributed by atoms with Gasteiger partial charge in [0.2, 0.25) is 5.16 Å². The minimum Gasteiger partial charge on any atom is -0.313 e. The molecular formula is C14H20ClN5S. The molecule has 0 saturated heterocycles. The van der Waals surface area contributed by atoms with E-state index < -0.39 is 0 Å². The van der Waals surface area contributed by atoms with E-state index in [4.69, 9.17) is 0 Å². The lowest BCUT2D eigenvalue weighted by molar-refractivity contribution is 0.663. The quantitative estimate of drug-likeness (QED) is 0.596. The molecule has 7 heteroatoms. The molecule has 0 atom stereocenters. The molecule has 0 fully saturated rings. The van der Waals surface area contributed by atoms with Gasteiger partial charge in [0.05, 0.1) is 0 Å². The highest BCUT2D eigenvalue weighted by atomic mass is 35.5. The smallest absolute Gasteiger partial charge is 0.209 e. The predicted octanol–water partition coefficient (Wildman–Crippen LogP) is 2.42. The molecular weight excluding hydrogens is 306 g/mol. The highest BCUT2D eigenvalue weighted by Crippen LogP contribution is 2.12. The van der Waals surface area contributed by atoms with E-state index in [9.17, 15) is 0 Å². The third-order valence-corrected chi connectivity index (χ3v) is 3.78. The third-order valence-electron chi connectivity index (χ3n) is 2.68. The van der Waals surface area contributed by atoms with E-state index in [1.54, 1.807) is 16.4 Å². The van der Waals surface area contributed by atoms with E-state index in [2.05, 4.69) is 45.1 Å². The zero-order valence-corrected chi connectivity index (χ0v) is 13.6. The van der Waals surface area contributed by atoms with Gasteiger partial charge < -0.3 is 5.32 Å². The van der Waals surface area contributed by atoms with Crippen molar-refractivity contribution in [3.05, 3.63) is 42.0 Å². The van der Waals surface area contributed by atoms with Gasteiger partial charge in [0, 0.05) is 19.3 Å². The Labute approximate surface area is 135 Å². The van der Waals surface area contributed by atoms with Gasteiger partial charge in [-0.25, -0.2) is 4.68 Å². The van der Waals surface area contributed by atoms with Gasteiger partial charge in [-0.2, -0.15) is 0 Å². The van der Waals surface area contributed by atoms with Crippen molar-refractivity contribution in [1.82, 2.24) is 25.5 Å². The van der Waals surface area contributed by atoms with Gasteiger partial charge in [0.1, 0.15) is 0 Å². The van der Waals surface area contributed by atoms with Crippen LogP contribution in [-0.4, -0.2) is 39.0 Å². The monoisotopic (exact) mass is 325 g/mol. The summed E-state index contributed by atoms with van der Waals surface area (Å²) < 4.78 is 1.70. The second-order valence-electron chi connectivity index (χ2n) is 4.30. The van der Waals surface area contributed by atoms with Crippen LogP contribution in [0.1, 0.15) is 12.0 Å². The molecule has 0 saturated carbocycles. The zero-order valence-electron chi connectivity index (χ0n) is 12.0. The first-order valence-electron chi connectivity index (χ1n) is 6.64. The molecule has 1 aromatic carbocycles. The molecule has 0 aliphatic heterocycles. The van der Waals surface area contributed by atoms with E-state index >= 15 is 0 Å². The first-order valence-corrected chi connectivity index (χ1v) is 7.62. The van der Waals surface area contributed by atoms with Crippen LogP contribution in [-0.2, 0) is 7.05 Å². The first-order chi connectivity index (χ1) is 9.86. The van der Waals surface area contributed by atoms with Crippen molar-refractivity contribution in [2.24, 2.45) is 7.05 Å². The Hall–Kier alpha value is -1.37. The summed E-state index contributed by atoms with van der Waals surface area (Å²) in [6, 6.07) is 10.3. The molecule has 114 valence electrons. The average Bonchev–Trinajstić information content (AvgIpc) is 2.88. The first kappa shape index (κ1) is 17.7. The summed E-state index contributed by atoms with van der Waals surface area (Å²) in [5, 5.41) is 15.6. The fraction of sp³-hybridized carbons (Fsp3) is 0.357. The Kier molecular flexibility index (Phi) is 8.73. The highest BCUT2D eigenvalue weighted by Gasteiger charge is 2.01. The van der Waals surface area contributed by atoms with E-state index in [0.29, 0.717) is 0 Å². The fourth-order valence-corrected chi connectivity index (χ4v) is 2.44. The SMILES string of the molecule is Cl.Cn1nnnc1SCCCNC/C=C/c1ccccc1. The molecule has 1 heterocycles. The molecule has 0 bridgehead atoms. The normalized spacial score (nSPS) is 10.7. The fourth-order valence-electron chi connectivity index (χ4n) is 1.65. The molecule has 0 aliphatic carbocycles. The van der Waals surface area contributed by atoms with Crippen molar-refractivity contribution in [2.45, 2.75) is 11.6 Å². The molecule has 1 aromatic heterocycles. The van der Waals surface area contributed by atoms with Gasteiger partial charge in [0.15, 0.2) is 0 Å². The van der Waals surface area contributed by atoms with Crippen LogP contribution in [0.5, 0.6) is 0 Å². The minimum atomic E-state index is 0. The average molecular weight is 326 g/mol. The van der Waals surface area contributed by atoms with Gasteiger partial charge in [-0.15, -0.1) is 17.5 Å². The van der Waals surface area contributed by atoms with Gasteiger partial charge in [0.25, 0.3) is 0 Å².